The number of non-ortho nitro benzene ring substituents is 1. The van der Waals surface area contributed by atoms with Gasteiger partial charge in [0.25, 0.3) is 5.69 Å². The molecule has 10 nitrogen and oxygen atoms in total. The van der Waals surface area contributed by atoms with Crippen LogP contribution in [0.1, 0.15) is 5.56 Å². The zero-order chi connectivity index (χ0) is 27.6. The normalized spacial score (nSPS) is 11.3. The van der Waals surface area contributed by atoms with E-state index in [9.17, 15) is 20.2 Å². The zero-order valence-electron chi connectivity index (χ0n) is 20.6. The minimum absolute atomic E-state index is 0.0963. The molecule has 0 aliphatic rings. The third-order valence-corrected chi connectivity index (χ3v) is 6.19. The first-order chi connectivity index (χ1) is 19.4. The number of hydrogen-bond acceptors (Lipinski definition) is 8. The number of nitro groups is 2. The largest absolute Gasteiger partial charge is 0.450 e. The molecule has 0 fully saturated rings. The first kappa shape index (κ1) is 24.4. The number of aliphatic imine (C=N–C) groups is 1. The molecule has 0 aliphatic carbocycles. The third kappa shape index (κ3) is 4.96. The van der Waals surface area contributed by atoms with Gasteiger partial charge in [-0.25, -0.2) is 4.98 Å². The van der Waals surface area contributed by atoms with Gasteiger partial charge in [0, 0.05) is 17.8 Å². The van der Waals surface area contributed by atoms with E-state index in [1.165, 1.54) is 6.07 Å². The molecule has 194 valence electrons. The highest BCUT2D eigenvalue weighted by atomic mass is 16.6. The Kier molecular flexibility index (Phi) is 6.17. The van der Waals surface area contributed by atoms with Crippen LogP contribution in [0.3, 0.4) is 0 Å². The van der Waals surface area contributed by atoms with Gasteiger partial charge in [-0.15, -0.1) is 0 Å². The third-order valence-electron chi connectivity index (χ3n) is 6.19. The van der Waals surface area contributed by atoms with E-state index in [-0.39, 0.29) is 11.4 Å². The Balaban J connectivity index is 1.18. The van der Waals surface area contributed by atoms with Gasteiger partial charge in [0.05, 0.1) is 21.6 Å². The van der Waals surface area contributed by atoms with Gasteiger partial charge in [0.15, 0.2) is 5.58 Å². The highest BCUT2D eigenvalue weighted by molar-refractivity contribution is 5.88. The maximum atomic E-state index is 11.3. The lowest BCUT2D eigenvalue weighted by atomic mass is 10.1. The van der Waals surface area contributed by atoms with Crippen molar-refractivity contribution < 1.29 is 19.0 Å². The topological polar surface area (TPSA) is 134 Å². The van der Waals surface area contributed by atoms with E-state index in [4.69, 9.17) is 9.15 Å². The number of nitrogens with zero attached hydrogens (tertiary/aromatic N) is 4. The summed E-state index contributed by atoms with van der Waals surface area (Å²) in [5, 5.41) is 24.5. The van der Waals surface area contributed by atoms with Crippen molar-refractivity contribution in [2.24, 2.45) is 4.99 Å². The van der Waals surface area contributed by atoms with E-state index in [0.29, 0.717) is 28.4 Å². The predicted molar refractivity (Wildman–Crippen MR) is 150 cm³/mol. The fourth-order valence-corrected chi connectivity index (χ4v) is 4.19. The van der Waals surface area contributed by atoms with Crippen LogP contribution in [-0.2, 0) is 0 Å². The van der Waals surface area contributed by atoms with Crippen molar-refractivity contribution in [1.82, 2.24) is 4.98 Å². The van der Waals surface area contributed by atoms with Crippen LogP contribution in [0.25, 0.3) is 33.3 Å². The molecule has 6 aromatic rings. The summed E-state index contributed by atoms with van der Waals surface area (Å²) in [5.41, 5.74) is 2.80. The van der Waals surface area contributed by atoms with Crippen LogP contribution in [0.4, 0.5) is 17.1 Å². The van der Waals surface area contributed by atoms with Crippen molar-refractivity contribution in [3.63, 3.8) is 0 Å². The van der Waals surface area contributed by atoms with Gasteiger partial charge in [-0.3, -0.25) is 25.2 Å². The first-order valence-corrected chi connectivity index (χ1v) is 12.1. The minimum Gasteiger partial charge on any atom is -0.450 e. The van der Waals surface area contributed by atoms with E-state index in [2.05, 4.69) is 16.0 Å². The zero-order valence-corrected chi connectivity index (χ0v) is 20.6. The lowest BCUT2D eigenvalue weighted by Gasteiger charge is -2.06. The van der Waals surface area contributed by atoms with Gasteiger partial charge in [0.2, 0.25) is 11.6 Å². The van der Waals surface area contributed by atoms with Gasteiger partial charge in [-0.1, -0.05) is 30.3 Å². The van der Waals surface area contributed by atoms with Crippen LogP contribution >= 0.6 is 0 Å². The van der Waals surface area contributed by atoms with E-state index in [0.717, 1.165) is 34.0 Å². The molecule has 5 aromatic carbocycles. The molecule has 0 bridgehead atoms. The summed E-state index contributed by atoms with van der Waals surface area (Å²) >= 11 is 0. The summed E-state index contributed by atoms with van der Waals surface area (Å²) in [6.07, 6.45) is 1.67. The average molecular weight is 530 g/mol. The Hall–Kier alpha value is -5.90. The van der Waals surface area contributed by atoms with E-state index in [1.54, 1.807) is 30.5 Å². The molecule has 6 rings (SSSR count). The monoisotopic (exact) mass is 530 g/mol. The molecule has 40 heavy (non-hydrogen) atoms. The summed E-state index contributed by atoms with van der Waals surface area (Å²) in [6, 6.07) is 29.6. The van der Waals surface area contributed by atoms with Crippen LogP contribution in [0.15, 0.2) is 113 Å². The molecule has 10 heteroatoms. The van der Waals surface area contributed by atoms with Gasteiger partial charge in [-0.05, 0) is 77.0 Å². The number of oxazole rings is 1. The summed E-state index contributed by atoms with van der Waals surface area (Å²) < 4.78 is 11.6. The maximum Gasteiger partial charge on any atom is 0.318 e. The molecule has 0 aliphatic heterocycles. The Morgan fingerprint density at radius 3 is 2.38 bits per heavy atom. The second-order valence-corrected chi connectivity index (χ2v) is 8.83. The number of ether oxygens (including phenoxy) is 1. The smallest absolute Gasteiger partial charge is 0.318 e. The van der Waals surface area contributed by atoms with Crippen LogP contribution in [0.2, 0.25) is 0 Å². The molecule has 1 heterocycles. The number of hydrogen-bond donors (Lipinski definition) is 0. The molecule has 0 N–H and O–H groups in total. The summed E-state index contributed by atoms with van der Waals surface area (Å²) in [7, 11) is 0. The first-order valence-electron chi connectivity index (χ1n) is 12.1. The lowest BCUT2D eigenvalue weighted by molar-refractivity contribution is -0.394. The second kappa shape index (κ2) is 10.1. The van der Waals surface area contributed by atoms with E-state index >= 15 is 0 Å². The molecular formula is C30H18N4O6. The Morgan fingerprint density at radius 1 is 0.800 bits per heavy atom. The number of nitro benzene ring substituents is 2. The quantitative estimate of drug-likeness (QED) is 0.116. The van der Waals surface area contributed by atoms with E-state index < -0.39 is 15.5 Å². The van der Waals surface area contributed by atoms with Gasteiger partial charge in [-0.2, -0.15) is 0 Å². The van der Waals surface area contributed by atoms with Crippen LogP contribution in [0, 0.1) is 20.2 Å². The van der Waals surface area contributed by atoms with Gasteiger partial charge in [0.1, 0.15) is 11.3 Å². The standard InChI is InChI=1S/C30H18N4O6/c35-33(36)24-10-14-29(27(17-24)34(37)38)39-25-11-5-19(6-12-25)18-31-23-9-13-28-26(16-23)32-30(40-28)22-8-7-20-3-1-2-4-21(20)15-22/h1-18H. The molecule has 0 radical (unpaired) electrons. The summed E-state index contributed by atoms with van der Waals surface area (Å²) in [5.74, 6) is 0.769. The van der Waals surface area contributed by atoms with Crippen LogP contribution < -0.4 is 4.74 Å². The molecule has 0 amide bonds. The van der Waals surface area contributed by atoms with E-state index in [1.807, 2.05) is 54.6 Å². The Bertz CT molecular complexity index is 1950. The number of aromatic nitrogens is 1. The molecule has 0 atom stereocenters. The number of benzene rings is 5. The van der Waals surface area contributed by atoms with Crippen molar-refractivity contribution >= 4 is 45.1 Å². The highest BCUT2D eigenvalue weighted by Crippen LogP contribution is 2.34. The average Bonchev–Trinajstić information content (AvgIpc) is 3.40. The Morgan fingerprint density at radius 2 is 1.60 bits per heavy atom. The van der Waals surface area contributed by atoms with Crippen molar-refractivity contribution in [2.45, 2.75) is 0 Å². The lowest BCUT2D eigenvalue weighted by Crippen LogP contribution is -1.96. The molecule has 0 saturated heterocycles. The molecule has 0 unspecified atom stereocenters. The van der Waals surface area contributed by atoms with Crippen molar-refractivity contribution in [2.75, 3.05) is 0 Å². The predicted octanol–water partition coefficient (Wildman–Crippen LogP) is 8.01. The van der Waals surface area contributed by atoms with Crippen molar-refractivity contribution in [3.8, 4) is 23.0 Å². The molecule has 1 aromatic heterocycles. The molecule has 0 spiro atoms. The summed E-state index contributed by atoms with van der Waals surface area (Å²) in [4.78, 5) is 30.0. The summed E-state index contributed by atoms with van der Waals surface area (Å²) in [6.45, 7) is 0. The molecule has 0 saturated carbocycles. The van der Waals surface area contributed by atoms with Crippen molar-refractivity contribution in [1.29, 1.82) is 0 Å². The number of rotatable bonds is 7. The van der Waals surface area contributed by atoms with Crippen molar-refractivity contribution in [3.05, 3.63) is 129 Å². The highest BCUT2D eigenvalue weighted by Gasteiger charge is 2.21. The SMILES string of the molecule is O=[N+]([O-])c1ccc(Oc2ccc(C=Nc3ccc4oc(-c5ccc6ccccc6c5)nc4c3)cc2)c([N+](=O)[O-])c1. The fourth-order valence-electron chi connectivity index (χ4n) is 4.19. The van der Waals surface area contributed by atoms with Crippen LogP contribution in [0.5, 0.6) is 11.5 Å². The second-order valence-electron chi connectivity index (χ2n) is 8.83. The van der Waals surface area contributed by atoms with Crippen LogP contribution in [-0.4, -0.2) is 21.0 Å². The van der Waals surface area contributed by atoms with Gasteiger partial charge < -0.3 is 9.15 Å². The molecular weight excluding hydrogens is 512 g/mol. The number of fused-ring (bicyclic) bond motifs is 2. The Labute approximate surface area is 226 Å². The fraction of sp³-hybridized carbons (Fsp3) is 0. The maximum absolute atomic E-state index is 11.3. The minimum atomic E-state index is -0.722. The van der Waals surface area contributed by atoms with Gasteiger partial charge >= 0.3 is 5.69 Å².